The van der Waals surface area contributed by atoms with Gasteiger partial charge in [0, 0.05) is 47.0 Å². The van der Waals surface area contributed by atoms with E-state index >= 15 is 0 Å². The van der Waals surface area contributed by atoms with Gasteiger partial charge in [0.1, 0.15) is 4.91 Å². The number of ketones is 1. The van der Waals surface area contributed by atoms with Crippen LogP contribution in [0.2, 0.25) is 0 Å². The molecule has 3 amide bonds. The fourth-order valence-corrected chi connectivity index (χ4v) is 11.6. The van der Waals surface area contributed by atoms with Crippen LogP contribution in [0.25, 0.3) is 0 Å². The zero-order chi connectivity index (χ0) is 42.8. The molecule has 0 aromatic rings. The molecule has 0 saturated heterocycles. The second kappa shape index (κ2) is 31.8. The van der Waals surface area contributed by atoms with Crippen molar-refractivity contribution in [2.24, 2.45) is 0 Å². The molecule has 0 bridgehead atoms. The monoisotopic (exact) mass is 889 g/mol. The molecule has 7 nitrogen and oxygen atoms in total. The molecule has 0 radical (unpaired) electrons. The van der Waals surface area contributed by atoms with Gasteiger partial charge in [-0.2, -0.15) is 0 Å². The van der Waals surface area contributed by atoms with Gasteiger partial charge < -0.3 is 4.90 Å². The summed E-state index contributed by atoms with van der Waals surface area (Å²) in [4.78, 5) is 52.8. The van der Waals surface area contributed by atoms with Gasteiger partial charge in [0.15, 0.2) is 5.78 Å². The lowest BCUT2D eigenvalue weighted by Crippen LogP contribution is -2.40. The normalized spacial score (nSPS) is 18.2. The Morgan fingerprint density at radius 1 is 0.607 bits per heavy atom. The smallest absolute Gasteiger partial charge is 0.267 e. The Labute approximate surface area is 365 Å². The summed E-state index contributed by atoms with van der Waals surface area (Å²) in [6, 6.07) is 0. The maximum atomic E-state index is 11.8. The first-order chi connectivity index (χ1) is 26.7. The molecule has 3 aliphatic heterocycles. The van der Waals surface area contributed by atoms with Crippen LogP contribution < -0.4 is 0 Å². The number of nitrogens with zero attached hydrogens (tertiary/aromatic N) is 3. The number of hydrogen-bond acceptors (Lipinski definition) is 8. The molecule has 0 N–H and O–H groups in total. The summed E-state index contributed by atoms with van der Waals surface area (Å²) < 4.78 is 3.83. The first kappa shape index (κ1) is 54.9. The first-order valence-corrected chi connectivity index (χ1v) is 27.9. The lowest BCUT2D eigenvalue weighted by molar-refractivity contribution is -0.127. The lowest BCUT2D eigenvalue weighted by atomic mass is 10.1. The quantitative estimate of drug-likeness (QED) is 0.0604. The molecule has 3 aliphatic rings. The molecule has 322 valence electrons. The topological polar surface area (TPSA) is 78.0 Å². The van der Waals surface area contributed by atoms with Gasteiger partial charge in [-0.1, -0.05) is 119 Å². The summed E-state index contributed by atoms with van der Waals surface area (Å²) in [6.45, 7) is 19.2. The highest BCUT2D eigenvalue weighted by atomic mass is 32.2. The summed E-state index contributed by atoms with van der Waals surface area (Å²) in [5, 5.41) is 3.12. The summed E-state index contributed by atoms with van der Waals surface area (Å²) in [7, 11) is -0.411. The molecular formula is C43H75N3O4S6. The van der Waals surface area contributed by atoms with Crippen LogP contribution in [0.5, 0.6) is 0 Å². The fraction of sp³-hybridized carbons (Fsp3) is 0.674. The van der Waals surface area contributed by atoms with Crippen molar-refractivity contribution in [2.75, 3.05) is 44.7 Å². The molecule has 56 heavy (non-hydrogen) atoms. The van der Waals surface area contributed by atoms with Crippen LogP contribution in [0.3, 0.4) is 0 Å². The number of unbranched alkanes of at least 4 members (excludes halogenated alkanes) is 9. The Hall–Kier alpha value is -1.12. The van der Waals surface area contributed by atoms with Crippen LogP contribution in [-0.2, 0) is 19.2 Å². The zero-order valence-electron chi connectivity index (χ0n) is 36.9. The third-order valence-corrected chi connectivity index (χ3v) is 16.5. The van der Waals surface area contributed by atoms with Crippen LogP contribution >= 0.6 is 68.4 Å². The standard InChI is InChI=1S/2C11H19NOS.C11H20OS2.C10H17NOS2/c2*1-5-6-7-8-12-11(13)9(2)10(3)14(12)4;1-4-5-6-7-8-10(12)11(14-3)9-13-2;1-4-5-6-7-11-9(12)8(13-2)10(11)14-3/h2*4-8H2,1-3H3;9H,4-8H2,1-3H3;4-7H2,1-3H3/b;;11-9-;. The van der Waals surface area contributed by atoms with Gasteiger partial charge in [0.2, 0.25) is 0 Å². The predicted octanol–water partition coefficient (Wildman–Crippen LogP) is 12.9. The van der Waals surface area contributed by atoms with E-state index in [9.17, 15) is 19.2 Å². The number of carbonyl (C=O) groups is 4. The summed E-state index contributed by atoms with van der Waals surface area (Å²) in [5.74, 6) is 9.02. The molecular weight excluding hydrogens is 815 g/mol. The number of hydrogen-bond donors (Lipinski definition) is 0. The van der Waals surface area contributed by atoms with Gasteiger partial charge in [-0.05, 0) is 83.8 Å². The largest absolute Gasteiger partial charge is 0.301 e. The van der Waals surface area contributed by atoms with E-state index in [0.29, 0.717) is 12.2 Å². The number of amides is 3. The minimum Gasteiger partial charge on any atom is -0.301 e. The van der Waals surface area contributed by atoms with Crippen molar-refractivity contribution >= 4 is 104 Å². The summed E-state index contributed by atoms with van der Waals surface area (Å²) in [6.07, 6.45) is 23.9. The third kappa shape index (κ3) is 18.0. The highest BCUT2D eigenvalue weighted by Crippen LogP contribution is 2.40. The van der Waals surface area contributed by atoms with Crippen molar-refractivity contribution in [1.82, 2.24) is 13.5 Å². The molecule has 0 fully saturated rings. The van der Waals surface area contributed by atoms with Crippen LogP contribution in [0.15, 0.2) is 41.2 Å². The number of Topliss-reactive ketones (excluding diaryl/α,β-unsaturated/α-hetero) is 1. The van der Waals surface area contributed by atoms with Gasteiger partial charge in [0.05, 0.1) is 9.93 Å². The second-order valence-electron chi connectivity index (χ2n) is 13.7. The van der Waals surface area contributed by atoms with Gasteiger partial charge >= 0.3 is 0 Å². The molecule has 0 aromatic carbocycles. The van der Waals surface area contributed by atoms with Gasteiger partial charge in [-0.15, -0.1) is 47.0 Å². The van der Waals surface area contributed by atoms with Crippen molar-refractivity contribution < 1.29 is 19.2 Å². The number of allylic oxidation sites excluding steroid dienone is 3. The van der Waals surface area contributed by atoms with Crippen molar-refractivity contribution in [3.8, 4) is 0 Å². The maximum Gasteiger partial charge on any atom is 0.267 e. The van der Waals surface area contributed by atoms with Crippen molar-refractivity contribution in [3.63, 3.8) is 0 Å². The Morgan fingerprint density at radius 2 is 1.04 bits per heavy atom. The van der Waals surface area contributed by atoms with Crippen LogP contribution in [0, 0.1) is 0 Å². The Kier molecular flexibility index (Phi) is 31.1. The Bertz CT molecular complexity index is 1340. The van der Waals surface area contributed by atoms with Crippen LogP contribution in [-0.4, -0.2) is 93.4 Å². The fourth-order valence-electron chi connectivity index (χ4n) is 5.64. The Morgan fingerprint density at radius 3 is 1.38 bits per heavy atom. The number of thioether (sulfide) groups is 4. The first-order valence-electron chi connectivity index (χ1n) is 20.2. The average molecular weight is 890 g/mol. The SMILES string of the molecule is C=S1C(C)=C(C)C(=O)N1CCCCC.C=S1C(C)=C(C)C(=O)N1CCCCC.CCCCCCC(=O)/C(=C/SC)SC.CCCCCN1C(=O)C(SC)=C1SC. The van der Waals surface area contributed by atoms with E-state index in [4.69, 9.17) is 0 Å². The van der Waals surface area contributed by atoms with Crippen molar-refractivity contribution in [1.29, 1.82) is 0 Å². The molecule has 3 heterocycles. The van der Waals surface area contributed by atoms with E-state index < -0.39 is 0 Å². The molecule has 13 heteroatoms. The molecule has 2 unspecified atom stereocenters. The van der Waals surface area contributed by atoms with E-state index in [2.05, 4.69) is 39.4 Å². The summed E-state index contributed by atoms with van der Waals surface area (Å²) in [5.41, 5.74) is 1.81. The molecule has 0 aliphatic carbocycles. The number of rotatable bonds is 22. The molecule has 0 saturated carbocycles. The van der Waals surface area contributed by atoms with Crippen molar-refractivity contribution in [2.45, 2.75) is 145 Å². The number of carbonyl (C=O) groups excluding carboxylic acids is 4. The van der Waals surface area contributed by atoms with E-state index in [1.807, 2.05) is 71.6 Å². The molecule has 3 rings (SSSR count). The van der Waals surface area contributed by atoms with Gasteiger partial charge in [-0.25, -0.2) is 0 Å². The second-order valence-corrected chi connectivity index (χ2v) is 20.4. The highest BCUT2D eigenvalue weighted by Gasteiger charge is 2.34. The van der Waals surface area contributed by atoms with E-state index in [1.165, 1.54) is 62.8 Å². The van der Waals surface area contributed by atoms with Crippen LogP contribution in [0.1, 0.15) is 145 Å². The lowest BCUT2D eigenvalue weighted by Gasteiger charge is -2.34. The minimum absolute atomic E-state index is 0.192. The molecule has 2 atom stereocenters. The predicted molar refractivity (Wildman–Crippen MR) is 263 cm³/mol. The van der Waals surface area contributed by atoms with Gasteiger partial charge in [-0.3, -0.25) is 27.8 Å². The average Bonchev–Trinajstić information content (AvgIpc) is 3.49. The Balaban J connectivity index is 0.000000720. The van der Waals surface area contributed by atoms with Crippen LogP contribution in [0.4, 0.5) is 0 Å². The van der Waals surface area contributed by atoms with Crippen molar-refractivity contribution in [3.05, 3.63) is 41.2 Å². The molecule has 0 spiro atoms. The third-order valence-electron chi connectivity index (χ3n) is 9.56. The van der Waals surface area contributed by atoms with E-state index in [1.54, 1.807) is 47.0 Å². The minimum atomic E-state index is -0.206. The van der Waals surface area contributed by atoms with Gasteiger partial charge in [0.25, 0.3) is 17.7 Å². The zero-order valence-corrected chi connectivity index (χ0v) is 41.8. The maximum absolute atomic E-state index is 11.8. The van der Waals surface area contributed by atoms with E-state index in [0.717, 1.165) is 76.1 Å². The highest BCUT2D eigenvalue weighted by molar-refractivity contribution is 8.16. The summed E-state index contributed by atoms with van der Waals surface area (Å²) >= 11 is 6.40. The van der Waals surface area contributed by atoms with E-state index in [-0.39, 0.29) is 39.1 Å². The molecule has 0 aromatic heterocycles.